The summed E-state index contributed by atoms with van der Waals surface area (Å²) in [5, 5.41) is 8.86. The molecule has 1 aromatic rings. The topological polar surface area (TPSA) is 33.1 Å². The molecule has 0 unspecified atom stereocenters. The third-order valence-corrected chi connectivity index (χ3v) is 1.86. The first-order valence-electron chi connectivity index (χ1n) is 4.19. The fourth-order valence-corrected chi connectivity index (χ4v) is 1.13. The molecule has 0 spiro atoms. The summed E-state index contributed by atoms with van der Waals surface area (Å²) in [6.07, 6.45) is 8.42. The zero-order valence-corrected chi connectivity index (χ0v) is 8.24. The molecule has 0 aliphatic rings. The van der Waals surface area contributed by atoms with Crippen molar-refractivity contribution in [3.05, 3.63) is 35.7 Å². The maximum atomic E-state index is 8.86. The molecule has 0 amide bonds. The Morgan fingerprint density at radius 3 is 3.00 bits per heavy atom. The van der Waals surface area contributed by atoms with Crippen LogP contribution < -0.4 is 0 Å². The summed E-state index contributed by atoms with van der Waals surface area (Å²) in [6, 6.07) is 1.92. The van der Waals surface area contributed by atoms with Crippen molar-refractivity contribution in [2.45, 2.75) is 13.0 Å². The van der Waals surface area contributed by atoms with Crippen molar-refractivity contribution in [3.8, 4) is 0 Å². The van der Waals surface area contributed by atoms with Crippen LogP contribution in [0.15, 0.2) is 24.5 Å². The minimum atomic E-state index is 0.0429. The highest BCUT2D eigenvalue weighted by atomic mass is 32.1. The van der Waals surface area contributed by atoms with Crippen molar-refractivity contribution in [1.29, 1.82) is 0 Å². The van der Waals surface area contributed by atoms with Crippen LogP contribution in [0, 0.1) is 0 Å². The van der Waals surface area contributed by atoms with Gasteiger partial charge in [0.2, 0.25) is 0 Å². The van der Waals surface area contributed by atoms with Gasteiger partial charge in [0, 0.05) is 12.4 Å². The number of nitrogens with zero attached hydrogens (tertiary/aromatic N) is 1. The van der Waals surface area contributed by atoms with E-state index in [0.717, 1.165) is 23.3 Å². The Morgan fingerprint density at radius 2 is 2.31 bits per heavy atom. The molecular formula is C10H13NOS. The zero-order valence-electron chi connectivity index (χ0n) is 7.35. The van der Waals surface area contributed by atoms with E-state index < -0.39 is 0 Å². The Bertz CT molecular complexity index is 286. The molecular weight excluding hydrogens is 182 g/mol. The summed E-state index contributed by atoms with van der Waals surface area (Å²) in [5.41, 5.74) is 1.86. The molecule has 0 saturated heterocycles. The van der Waals surface area contributed by atoms with Gasteiger partial charge in [-0.15, -0.1) is 0 Å². The first kappa shape index (κ1) is 10.3. The largest absolute Gasteiger partial charge is 0.392 e. The molecule has 1 aromatic heterocycles. The Hall–Kier alpha value is -0.800. The Balaban J connectivity index is 2.66. The van der Waals surface area contributed by atoms with Crippen molar-refractivity contribution in [3.63, 3.8) is 0 Å². The monoisotopic (exact) mass is 195 g/mol. The number of thiol groups is 1. The van der Waals surface area contributed by atoms with Gasteiger partial charge in [-0.3, -0.25) is 4.98 Å². The number of rotatable bonds is 4. The Kier molecular flexibility index (Phi) is 4.57. The van der Waals surface area contributed by atoms with Gasteiger partial charge >= 0.3 is 0 Å². The van der Waals surface area contributed by atoms with Gasteiger partial charge in [0.1, 0.15) is 0 Å². The summed E-state index contributed by atoms with van der Waals surface area (Å²) in [4.78, 5) is 4.00. The second-order valence-corrected chi connectivity index (χ2v) is 3.15. The standard InChI is InChI=1S/C10H13NOS/c12-8-10-5-9(6-11-7-10)3-1-2-4-13/h1,3,5-7,12-13H,2,4,8H2. The van der Waals surface area contributed by atoms with Gasteiger partial charge in [0.15, 0.2) is 0 Å². The SMILES string of the molecule is OCc1cncc(C=CCCS)c1. The molecule has 2 nitrogen and oxygen atoms in total. The number of aliphatic hydroxyl groups is 1. The van der Waals surface area contributed by atoms with Crippen molar-refractivity contribution >= 4 is 18.7 Å². The van der Waals surface area contributed by atoms with E-state index in [9.17, 15) is 0 Å². The molecule has 0 aliphatic heterocycles. The maximum absolute atomic E-state index is 8.86. The summed E-state index contributed by atoms with van der Waals surface area (Å²) in [7, 11) is 0. The number of hydrogen-bond acceptors (Lipinski definition) is 3. The van der Waals surface area contributed by atoms with Gasteiger partial charge in [-0.2, -0.15) is 12.6 Å². The van der Waals surface area contributed by atoms with E-state index in [2.05, 4.69) is 17.6 Å². The normalized spacial score (nSPS) is 10.9. The first-order valence-corrected chi connectivity index (χ1v) is 4.82. The minimum absolute atomic E-state index is 0.0429. The number of aromatic nitrogens is 1. The van der Waals surface area contributed by atoms with Crippen molar-refractivity contribution in [2.24, 2.45) is 0 Å². The first-order chi connectivity index (χ1) is 6.36. The fourth-order valence-electron chi connectivity index (χ4n) is 0.979. The minimum Gasteiger partial charge on any atom is -0.392 e. The zero-order chi connectivity index (χ0) is 9.52. The quantitative estimate of drug-likeness (QED) is 0.719. The van der Waals surface area contributed by atoms with Crippen LogP contribution in [0.5, 0.6) is 0 Å². The molecule has 0 aliphatic carbocycles. The highest BCUT2D eigenvalue weighted by Gasteiger charge is 1.91. The Labute approximate surface area is 83.7 Å². The predicted molar refractivity (Wildman–Crippen MR) is 57.7 cm³/mol. The fraction of sp³-hybridized carbons (Fsp3) is 0.300. The van der Waals surface area contributed by atoms with Crippen molar-refractivity contribution in [1.82, 2.24) is 4.98 Å². The Morgan fingerprint density at radius 1 is 1.46 bits per heavy atom. The lowest BCUT2D eigenvalue weighted by molar-refractivity contribution is 0.281. The van der Waals surface area contributed by atoms with Gasteiger partial charge in [-0.25, -0.2) is 0 Å². The second-order valence-electron chi connectivity index (χ2n) is 2.70. The molecule has 0 aromatic carbocycles. The molecule has 3 heteroatoms. The van der Waals surface area contributed by atoms with E-state index in [-0.39, 0.29) is 6.61 Å². The van der Waals surface area contributed by atoms with Crippen molar-refractivity contribution in [2.75, 3.05) is 5.75 Å². The molecule has 0 radical (unpaired) electrons. The molecule has 70 valence electrons. The lowest BCUT2D eigenvalue weighted by Crippen LogP contribution is -1.85. The van der Waals surface area contributed by atoms with Crippen LogP contribution in [0.3, 0.4) is 0 Å². The third-order valence-electron chi connectivity index (χ3n) is 1.60. The lowest BCUT2D eigenvalue weighted by atomic mass is 10.2. The van der Waals surface area contributed by atoms with Crippen LogP contribution in [0.25, 0.3) is 6.08 Å². The van der Waals surface area contributed by atoms with Crippen LogP contribution in [-0.4, -0.2) is 15.8 Å². The molecule has 1 heterocycles. The predicted octanol–water partition coefficient (Wildman–Crippen LogP) is 1.91. The van der Waals surface area contributed by atoms with E-state index in [1.165, 1.54) is 0 Å². The smallest absolute Gasteiger partial charge is 0.0697 e. The average molecular weight is 195 g/mol. The third kappa shape index (κ3) is 3.61. The van der Waals surface area contributed by atoms with Gasteiger partial charge in [0.05, 0.1) is 6.61 Å². The van der Waals surface area contributed by atoms with Crippen LogP contribution in [0.4, 0.5) is 0 Å². The maximum Gasteiger partial charge on any atom is 0.0697 e. The number of pyridine rings is 1. The highest BCUT2D eigenvalue weighted by Crippen LogP contribution is 2.05. The van der Waals surface area contributed by atoms with Gasteiger partial charge < -0.3 is 5.11 Å². The summed E-state index contributed by atoms with van der Waals surface area (Å²) < 4.78 is 0. The van der Waals surface area contributed by atoms with Gasteiger partial charge in [-0.05, 0) is 29.4 Å². The second kappa shape index (κ2) is 5.78. The van der Waals surface area contributed by atoms with Crippen LogP contribution in [-0.2, 0) is 6.61 Å². The number of allylic oxidation sites excluding steroid dienone is 1. The molecule has 0 saturated carbocycles. The number of aliphatic hydroxyl groups excluding tert-OH is 1. The molecule has 0 fully saturated rings. The lowest BCUT2D eigenvalue weighted by Gasteiger charge is -1.96. The van der Waals surface area contributed by atoms with E-state index in [1.807, 2.05) is 18.2 Å². The van der Waals surface area contributed by atoms with E-state index in [1.54, 1.807) is 12.4 Å². The molecule has 1 N–H and O–H groups in total. The molecule has 0 atom stereocenters. The average Bonchev–Trinajstić information content (AvgIpc) is 2.19. The number of hydrogen-bond donors (Lipinski definition) is 2. The molecule has 0 bridgehead atoms. The summed E-state index contributed by atoms with van der Waals surface area (Å²) >= 11 is 4.10. The van der Waals surface area contributed by atoms with E-state index >= 15 is 0 Å². The van der Waals surface area contributed by atoms with Crippen LogP contribution >= 0.6 is 12.6 Å². The van der Waals surface area contributed by atoms with Crippen LogP contribution in [0.2, 0.25) is 0 Å². The summed E-state index contributed by atoms with van der Waals surface area (Å²) in [6.45, 7) is 0.0429. The summed E-state index contributed by atoms with van der Waals surface area (Å²) in [5.74, 6) is 0.851. The highest BCUT2D eigenvalue weighted by molar-refractivity contribution is 7.80. The van der Waals surface area contributed by atoms with Crippen LogP contribution in [0.1, 0.15) is 17.5 Å². The molecule has 1 rings (SSSR count). The van der Waals surface area contributed by atoms with Crippen molar-refractivity contribution < 1.29 is 5.11 Å². The van der Waals surface area contributed by atoms with E-state index in [4.69, 9.17) is 5.11 Å². The van der Waals surface area contributed by atoms with Gasteiger partial charge in [0.25, 0.3) is 0 Å². The molecule has 13 heavy (non-hydrogen) atoms. The van der Waals surface area contributed by atoms with Gasteiger partial charge in [-0.1, -0.05) is 12.2 Å². The van der Waals surface area contributed by atoms with E-state index in [0.29, 0.717) is 0 Å².